The Morgan fingerprint density at radius 2 is 2.04 bits per heavy atom. The van der Waals surface area contributed by atoms with Crippen LogP contribution in [0.15, 0.2) is 0 Å². The molecule has 1 saturated carbocycles. The maximum atomic E-state index is 12.6. The van der Waals surface area contributed by atoms with Crippen molar-refractivity contribution in [2.24, 2.45) is 11.8 Å². The van der Waals surface area contributed by atoms with Crippen LogP contribution in [0.5, 0.6) is 0 Å². The zero-order chi connectivity index (χ0) is 18.5. The highest BCUT2D eigenvalue weighted by molar-refractivity contribution is 7.05. The fraction of sp³-hybridized carbons (Fsp3) is 0.789. The minimum absolute atomic E-state index is 0.0502. The Bertz CT molecular complexity index is 625. The summed E-state index contributed by atoms with van der Waals surface area (Å²) in [5.41, 5.74) is 0.966. The van der Waals surface area contributed by atoms with E-state index in [4.69, 9.17) is 0 Å². The molecule has 2 fully saturated rings. The predicted octanol–water partition coefficient (Wildman–Crippen LogP) is 3.10. The molecular formula is C19H30N4O2S. The van der Waals surface area contributed by atoms with Gasteiger partial charge in [0.1, 0.15) is 0 Å². The fourth-order valence-electron chi connectivity index (χ4n) is 4.07. The summed E-state index contributed by atoms with van der Waals surface area (Å²) in [4.78, 5) is 27.9. The molecule has 26 heavy (non-hydrogen) atoms. The Hall–Kier alpha value is -1.50. The summed E-state index contributed by atoms with van der Waals surface area (Å²) in [5, 5.41) is 7.20. The molecule has 7 heteroatoms. The molecule has 1 aromatic heterocycles. The molecule has 0 unspecified atom stereocenters. The summed E-state index contributed by atoms with van der Waals surface area (Å²) in [5.74, 6) is 1.09. The van der Waals surface area contributed by atoms with Crippen LogP contribution in [0.4, 0.5) is 0 Å². The molecular weight excluding hydrogens is 348 g/mol. The molecule has 6 nitrogen and oxygen atoms in total. The van der Waals surface area contributed by atoms with Gasteiger partial charge in [-0.2, -0.15) is 0 Å². The number of hydrogen-bond donors (Lipinski definition) is 1. The molecule has 1 atom stereocenters. The largest absolute Gasteiger partial charge is 0.351 e. The Labute approximate surface area is 159 Å². The van der Waals surface area contributed by atoms with Crippen molar-refractivity contribution in [1.29, 1.82) is 0 Å². The number of hydrogen-bond acceptors (Lipinski definition) is 5. The molecule has 0 radical (unpaired) electrons. The molecule has 1 aromatic rings. The van der Waals surface area contributed by atoms with Gasteiger partial charge in [0, 0.05) is 19.5 Å². The van der Waals surface area contributed by atoms with E-state index in [0.717, 1.165) is 17.1 Å². The van der Waals surface area contributed by atoms with Crippen LogP contribution >= 0.6 is 11.5 Å². The molecule has 2 heterocycles. The smallest absolute Gasteiger partial charge is 0.225 e. The number of rotatable bonds is 6. The van der Waals surface area contributed by atoms with Gasteiger partial charge in [0.2, 0.25) is 11.8 Å². The van der Waals surface area contributed by atoms with E-state index in [1.807, 2.05) is 4.90 Å². The van der Waals surface area contributed by atoms with E-state index in [9.17, 15) is 9.59 Å². The minimum atomic E-state index is -0.0975. The molecule has 1 aliphatic heterocycles. The highest BCUT2D eigenvalue weighted by Crippen LogP contribution is 2.27. The number of aromatic nitrogens is 2. The summed E-state index contributed by atoms with van der Waals surface area (Å²) in [6, 6.07) is 0. The number of carbonyl (C=O) groups excluding carboxylic acids is 2. The van der Waals surface area contributed by atoms with Gasteiger partial charge in [0.25, 0.3) is 0 Å². The summed E-state index contributed by atoms with van der Waals surface area (Å²) < 4.78 is 4.01. The number of likely N-dealkylation sites (tertiary alicyclic amines) is 1. The number of nitrogens with one attached hydrogen (secondary N) is 1. The quantitative estimate of drug-likeness (QED) is 0.825. The number of piperidine rings is 1. The van der Waals surface area contributed by atoms with Crippen LogP contribution in [0.2, 0.25) is 0 Å². The topological polar surface area (TPSA) is 75.2 Å². The fourth-order valence-corrected chi connectivity index (χ4v) is 4.81. The van der Waals surface area contributed by atoms with Gasteiger partial charge in [0.15, 0.2) is 0 Å². The Kier molecular flexibility index (Phi) is 6.62. The zero-order valence-electron chi connectivity index (χ0n) is 15.9. The van der Waals surface area contributed by atoms with Gasteiger partial charge in [-0.05, 0) is 42.6 Å². The second-order valence-corrected chi connectivity index (χ2v) is 8.83. The molecule has 1 aliphatic carbocycles. The Morgan fingerprint density at radius 3 is 2.77 bits per heavy atom. The lowest BCUT2D eigenvalue weighted by atomic mass is 9.87. The van der Waals surface area contributed by atoms with E-state index >= 15 is 0 Å². The van der Waals surface area contributed by atoms with Crippen LogP contribution in [-0.2, 0) is 16.1 Å². The van der Waals surface area contributed by atoms with Gasteiger partial charge < -0.3 is 10.2 Å². The lowest BCUT2D eigenvalue weighted by Gasteiger charge is -2.35. The number of carbonyl (C=O) groups is 2. The second-order valence-electron chi connectivity index (χ2n) is 7.99. The normalized spacial score (nSPS) is 22.0. The van der Waals surface area contributed by atoms with Crippen molar-refractivity contribution < 1.29 is 9.59 Å². The molecule has 3 rings (SSSR count). The first-order valence-corrected chi connectivity index (χ1v) is 10.7. The first-order chi connectivity index (χ1) is 12.5. The predicted molar refractivity (Wildman–Crippen MR) is 102 cm³/mol. The summed E-state index contributed by atoms with van der Waals surface area (Å²) in [7, 11) is 0. The third kappa shape index (κ3) is 4.81. The molecule has 144 valence electrons. The monoisotopic (exact) mass is 378 g/mol. The van der Waals surface area contributed by atoms with Crippen molar-refractivity contribution >= 4 is 23.3 Å². The van der Waals surface area contributed by atoms with Gasteiger partial charge >= 0.3 is 0 Å². The van der Waals surface area contributed by atoms with Crippen LogP contribution in [0.1, 0.15) is 75.3 Å². The third-order valence-corrected chi connectivity index (χ3v) is 6.37. The van der Waals surface area contributed by atoms with Crippen molar-refractivity contribution in [2.75, 3.05) is 13.1 Å². The van der Waals surface area contributed by atoms with Crippen molar-refractivity contribution in [3.63, 3.8) is 0 Å². The maximum Gasteiger partial charge on any atom is 0.225 e. The number of amides is 2. The lowest BCUT2D eigenvalue weighted by Crippen LogP contribution is -2.47. The van der Waals surface area contributed by atoms with Crippen molar-refractivity contribution in [2.45, 2.75) is 71.3 Å². The second kappa shape index (κ2) is 8.93. The Balaban J connectivity index is 1.52. The van der Waals surface area contributed by atoms with Gasteiger partial charge in [-0.1, -0.05) is 37.6 Å². The molecule has 0 aromatic carbocycles. The van der Waals surface area contributed by atoms with Crippen molar-refractivity contribution in [3.05, 3.63) is 10.6 Å². The first-order valence-electron chi connectivity index (χ1n) is 9.91. The van der Waals surface area contributed by atoms with E-state index in [0.29, 0.717) is 37.8 Å². The van der Waals surface area contributed by atoms with Crippen molar-refractivity contribution in [1.82, 2.24) is 19.8 Å². The molecule has 1 saturated heterocycles. The third-order valence-electron chi connectivity index (χ3n) is 5.63. The van der Waals surface area contributed by atoms with E-state index in [-0.39, 0.29) is 17.7 Å². The minimum Gasteiger partial charge on any atom is -0.351 e. The molecule has 1 N–H and O–H groups in total. The van der Waals surface area contributed by atoms with Gasteiger partial charge in [-0.3, -0.25) is 9.59 Å². The average molecular weight is 379 g/mol. The summed E-state index contributed by atoms with van der Waals surface area (Å²) >= 11 is 1.35. The van der Waals surface area contributed by atoms with E-state index in [1.54, 1.807) is 0 Å². The van der Waals surface area contributed by atoms with Crippen LogP contribution in [-0.4, -0.2) is 39.4 Å². The van der Waals surface area contributed by atoms with Crippen LogP contribution in [0.25, 0.3) is 0 Å². The van der Waals surface area contributed by atoms with Gasteiger partial charge in [-0.25, -0.2) is 0 Å². The van der Waals surface area contributed by atoms with Crippen molar-refractivity contribution in [3.8, 4) is 0 Å². The van der Waals surface area contributed by atoms with E-state index in [1.165, 1.54) is 43.6 Å². The lowest BCUT2D eigenvalue weighted by molar-refractivity contribution is -0.139. The highest BCUT2D eigenvalue weighted by Gasteiger charge is 2.31. The Morgan fingerprint density at radius 1 is 1.27 bits per heavy atom. The summed E-state index contributed by atoms with van der Waals surface area (Å²) in [6.07, 6.45) is 7.46. The standard InChI is InChI=1S/C19H30N4O2S/c1-13(2)18-16(26-22-21-18)10-20-19(25)15-8-9-17(24)23(12-15)11-14-6-4-3-5-7-14/h13-15H,3-12H2,1-2H3,(H,20,25)/t15-/m0/s1. The summed E-state index contributed by atoms with van der Waals surface area (Å²) in [6.45, 7) is 6.05. The maximum absolute atomic E-state index is 12.6. The van der Waals surface area contributed by atoms with Crippen LogP contribution in [0.3, 0.4) is 0 Å². The van der Waals surface area contributed by atoms with E-state index in [2.05, 4.69) is 28.8 Å². The van der Waals surface area contributed by atoms with Gasteiger partial charge in [-0.15, -0.1) is 5.10 Å². The number of nitrogens with zero attached hydrogens (tertiary/aromatic N) is 3. The zero-order valence-corrected chi connectivity index (χ0v) is 16.7. The SMILES string of the molecule is CC(C)c1nnsc1CNC(=O)[C@H]1CCC(=O)N(CC2CCCCC2)C1. The molecule has 0 spiro atoms. The molecule has 0 bridgehead atoms. The average Bonchev–Trinajstić information content (AvgIpc) is 3.11. The highest BCUT2D eigenvalue weighted by atomic mass is 32.1. The van der Waals surface area contributed by atoms with Crippen LogP contribution in [0, 0.1) is 11.8 Å². The first kappa shape index (κ1) is 19.3. The van der Waals surface area contributed by atoms with Gasteiger partial charge in [0.05, 0.1) is 23.0 Å². The van der Waals surface area contributed by atoms with Crippen LogP contribution < -0.4 is 5.32 Å². The molecule has 2 amide bonds. The van der Waals surface area contributed by atoms with E-state index < -0.39 is 0 Å². The molecule has 2 aliphatic rings.